The highest BCUT2D eigenvalue weighted by Crippen LogP contribution is 2.39. The number of para-hydroxylation sites is 1. The van der Waals surface area contributed by atoms with Gasteiger partial charge in [-0.2, -0.15) is 19.9 Å². The van der Waals surface area contributed by atoms with Crippen molar-refractivity contribution < 1.29 is 4.42 Å². The van der Waals surface area contributed by atoms with Gasteiger partial charge in [-0.15, -0.1) is 0 Å². The first kappa shape index (κ1) is 47.1. The number of nitrogens with zero attached hydrogens (tertiary/aromatic N) is 6. The molecular weight excluding hydrogens is 988 g/mol. The van der Waals surface area contributed by atoms with E-state index in [0.717, 1.165) is 88.7 Å². The molecule has 77 heavy (non-hydrogen) atoms. The summed E-state index contributed by atoms with van der Waals surface area (Å²) in [6.07, 6.45) is 0. The first-order valence-electron chi connectivity index (χ1n) is 25.1. The molecule has 11 aromatic carbocycles. The molecule has 9 heteroatoms. The Hall–Kier alpha value is -9.66. The van der Waals surface area contributed by atoms with E-state index in [1.165, 1.54) is 21.5 Å². The zero-order chi connectivity index (χ0) is 51.7. The minimum atomic E-state index is 0.143. The Bertz CT molecular complexity index is 4480. The van der Waals surface area contributed by atoms with Crippen LogP contribution in [0.15, 0.2) is 259 Å². The maximum atomic E-state index is 6.55. The van der Waals surface area contributed by atoms with Gasteiger partial charge in [0.1, 0.15) is 11.2 Å². The van der Waals surface area contributed by atoms with Gasteiger partial charge in [0, 0.05) is 33.0 Å². The van der Waals surface area contributed by atoms with E-state index in [4.69, 9.17) is 37.6 Å². The van der Waals surface area contributed by atoms with E-state index in [1.54, 1.807) is 0 Å². The summed E-state index contributed by atoms with van der Waals surface area (Å²) in [6, 6.07) is 87.1. The summed E-state index contributed by atoms with van der Waals surface area (Å²) in [7, 11) is 0. The third kappa shape index (κ3) is 9.69. The van der Waals surface area contributed by atoms with Crippen LogP contribution < -0.4 is 0 Å². The minimum Gasteiger partial charge on any atom is -0.456 e. The van der Waals surface area contributed by atoms with Crippen molar-refractivity contribution in [1.29, 1.82) is 0 Å². The molecule has 0 aliphatic rings. The average Bonchev–Trinajstić information content (AvgIpc) is 3.92. The van der Waals surface area contributed by atoms with Crippen molar-refractivity contribution in [2.45, 2.75) is 0 Å². The van der Waals surface area contributed by atoms with Gasteiger partial charge in [-0.3, -0.25) is 0 Å². The summed E-state index contributed by atoms with van der Waals surface area (Å²) in [5.74, 6) is 2.12. The lowest BCUT2D eigenvalue weighted by Gasteiger charge is -2.13. The summed E-state index contributed by atoms with van der Waals surface area (Å²) in [4.78, 5) is 27.7. The third-order valence-electron chi connectivity index (χ3n) is 13.7. The number of halogens is 2. The zero-order valence-electron chi connectivity index (χ0n) is 41.1. The Morgan fingerprint density at radius 2 is 0.610 bits per heavy atom. The molecule has 0 amide bonds. The van der Waals surface area contributed by atoms with Crippen LogP contribution in [0.5, 0.6) is 0 Å². The van der Waals surface area contributed by atoms with Gasteiger partial charge in [0.25, 0.3) is 0 Å². The summed E-state index contributed by atoms with van der Waals surface area (Å²) >= 11 is 12.9. The lowest BCUT2D eigenvalue weighted by Crippen LogP contribution is -1.98. The predicted octanol–water partition coefficient (Wildman–Crippen LogP) is 18.6. The second-order valence-electron chi connectivity index (χ2n) is 18.6. The van der Waals surface area contributed by atoms with Crippen LogP contribution in [0.25, 0.3) is 134 Å². The number of fused-ring (bicyclic) bond motifs is 5. The SMILES string of the molecule is Clc1nc(-c2cc(-c3ccccc3)cc(-c3cccc4ccccc34)c2)nc(-c2ccc3oc4ccccc4c3c2)n1.Clc1nc(-c2ccccc2)nc(-c2cc(-c3ccccc3)cc(-c3cccc4ccccc34)c2)n1. The molecule has 3 aromatic heterocycles. The van der Waals surface area contributed by atoms with Crippen LogP contribution in [0.4, 0.5) is 0 Å². The molecule has 0 saturated heterocycles. The van der Waals surface area contributed by atoms with Gasteiger partial charge in [-0.05, 0) is 150 Å². The van der Waals surface area contributed by atoms with Crippen LogP contribution in [-0.4, -0.2) is 29.9 Å². The van der Waals surface area contributed by atoms with Crippen molar-refractivity contribution in [3.63, 3.8) is 0 Å². The molecule has 0 saturated carbocycles. The minimum absolute atomic E-state index is 0.143. The van der Waals surface area contributed by atoms with Crippen molar-refractivity contribution in [1.82, 2.24) is 29.9 Å². The van der Waals surface area contributed by atoms with Crippen LogP contribution in [0.3, 0.4) is 0 Å². The van der Waals surface area contributed by atoms with Gasteiger partial charge >= 0.3 is 0 Å². The summed E-state index contributed by atoms with van der Waals surface area (Å²) in [5.41, 5.74) is 14.0. The van der Waals surface area contributed by atoms with Gasteiger partial charge in [0.2, 0.25) is 10.6 Å². The molecule has 0 bridgehead atoms. The molecule has 0 unspecified atom stereocenters. The van der Waals surface area contributed by atoms with Crippen molar-refractivity contribution >= 4 is 66.7 Å². The molecule has 14 aromatic rings. The third-order valence-corrected chi connectivity index (χ3v) is 14.0. The molecule has 3 heterocycles. The Balaban J connectivity index is 0.000000150. The largest absolute Gasteiger partial charge is 0.456 e. The molecule has 364 valence electrons. The number of hydrogen-bond acceptors (Lipinski definition) is 7. The van der Waals surface area contributed by atoms with Gasteiger partial charge in [-0.25, -0.2) is 9.97 Å². The van der Waals surface area contributed by atoms with Crippen LogP contribution in [0, 0.1) is 0 Å². The second kappa shape index (κ2) is 20.6. The summed E-state index contributed by atoms with van der Waals surface area (Å²) < 4.78 is 6.02. The van der Waals surface area contributed by atoms with E-state index in [1.807, 2.05) is 97.1 Å². The standard InChI is InChI=1S/C37H22ClN3O.C31H20ClN3/c38-37-40-35(25-17-18-34-32(22-25)31-14-6-7-16-33(31)42-34)39-36(41-37)28-20-26(23-9-2-1-3-10-23)19-27(21-28)30-15-8-12-24-11-4-5-13-29(24)30;32-31-34-29(23-13-5-2-6-14-23)33-30(35-31)26-19-24(21-10-3-1-4-11-21)18-25(20-26)28-17-9-15-22-12-7-8-16-27(22)28/h1-22H;1-20H. The highest BCUT2D eigenvalue weighted by atomic mass is 35.5. The molecule has 0 aliphatic carbocycles. The van der Waals surface area contributed by atoms with Gasteiger partial charge in [0.05, 0.1) is 0 Å². The first-order chi connectivity index (χ1) is 37.9. The number of hydrogen-bond donors (Lipinski definition) is 0. The highest BCUT2D eigenvalue weighted by Gasteiger charge is 2.18. The molecule has 0 aliphatic heterocycles. The molecule has 0 fully saturated rings. The van der Waals surface area contributed by atoms with E-state index in [2.05, 4.69) is 178 Å². The van der Waals surface area contributed by atoms with Crippen LogP contribution >= 0.6 is 23.2 Å². The number of aromatic nitrogens is 6. The van der Waals surface area contributed by atoms with Crippen molar-refractivity contribution in [3.8, 4) is 90.1 Å². The van der Waals surface area contributed by atoms with E-state index in [-0.39, 0.29) is 10.6 Å². The zero-order valence-corrected chi connectivity index (χ0v) is 42.6. The Kier molecular flexibility index (Phi) is 12.6. The smallest absolute Gasteiger partial charge is 0.226 e. The fourth-order valence-electron chi connectivity index (χ4n) is 10.0. The normalized spacial score (nSPS) is 11.2. The molecule has 0 N–H and O–H groups in total. The van der Waals surface area contributed by atoms with Crippen molar-refractivity contribution in [2.24, 2.45) is 0 Å². The van der Waals surface area contributed by atoms with Crippen LogP contribution in [-0.2, 0) is 0 Å². The van der Waals surface area contributed by atoms with Gasteiger partial charge in [0.15, 0.2) is 23.3 Å². The summed E-state index contributed by atoms with van der Waals surface area (Å²) in [6.45, 7) is 0. The topological polar surface area (TPSA) is 90.5 Å². The quantitative estimate of drug-likeness (QED) is 0.150. The highest BCUT2D eigenvalue weighted by molar-refractivity contribution is 6.28. The van der Waals surface area contributed by atoms with E-state index < -0.39 is 0 Å². The predicted molar refractivity (Wildman–Crippen MR) is 315 cm³/mol. The van der Waals surface area contributed by atoms with E-state index in [9.17, 15) is 0 Å². The number of benzene rings is 11. The molecule has 0 spiro atoms. The van der Waals surface area contributed by atoms with Crippen LogP contribution in [0.2, 0.25) is 10.6 Å². The maximum absolute atomic E-state index is 6.55. The molecule has 0 atom stereocenters. The Morgan fingerprint density at radius 3 is 1.13 bits per heavy atom. The molecule has 7 nitrogen and oxygen atoms in total. The maximum Gasteiger partial charge on any atom is 0.226 e. The first-order valence-corrected chi connectivity index (χ1v) is 25.9. The second-order valence-corrected chi connectivity index (χ2v) is 19.2. The average molecular weight is 1030 g/mol. The van der Waals surface area contributed by atoms with Crippen molar-refractivity contribution in [3.05, 3.63) is 265 Å². The molecule has 0 radical (unpaired) electrons. The number of furan rings is 1. The van der Waals surface area contributed by atoms with Gasteiger partial charge < -0.3 is 4.42 Å². The van der Waals surface area contributed by atoms with Gasteiger partial charge in [-0.1, -0.05) is 194 Å². The lowest BCUT2D eigenvalue weighted by atomic mass is 9.93. The van der Waals surface area contributed by atoms with Crippen molar-refractivity contribution in [2.75, 3.05) is 0 Å². The number of rotatable bonds is 8. The Labute approximate surface area is 453 Å². The fraction of sp³-hybridized carbons (Fsp3) is 0. The fourth-order valence-corrected chi connectivity index (χ4v) is 10.4. The summed E-state index contributed by atoms with van der Waals surface area (Å²) in [5, 5.41) is 7.14. The molecule has 14 rings (SSSR count). The lowest BCUT2D eigenvalue weighted by molar-refractivity contribution is 0.669. The van der Waals surface area contributed by atoms with Crippen LogP contribution in [0.1, 0.15) is 0 Å². The van der Waals surface area contributed by atoms with E-state index >= 15 is 0 Å². The molecular formula is C68H42Cl2N6O. The van der Waals surface area contributed by atoms with E-state index in [0.29, 0.717) is 23.3 Å². The monoisotopic (exact) mass is 1030 g/mol. The Morgan fingerprint density at radius 1 is 0.234 bits per heavy atom.